The molecular weight excluding hydrogens is 268 g/mol. The molecule has 3 N–H and O–H groups in total. The van der Waals surface area contributed by atoms with Crippen molar-refractivity contribution in [2.75, 3.05) is 18.9 Å². The lowest BCUT2D eigenvalue weighted by Crippen LogP contribution is -2.42. The van der Waals surface area contributed by atoms with Crippen LogP contribution in [0.5, 0.6) is 0 Å². The number of sulfonamides is 1. The fourth-order valence-electron chi connectivity index (χ4n) is 2.24. The van der Waals surface area contributed by atoms with Crippen molar-refractivity contribution in [3.8, 4) is 0 Å². The van der Waals surface area contributed by atoms with Gasteiger partial charge in [0.15, 0.2) is 0 Å². The van der Waals surface area contributed by atoms with Crippen molar-refractivity contribution in [3.05, 3.63) is 12.4 Å². The lowest BCUT2D eigenvalue weighted by Gasteiger charge is -2.27. The molecule has 0 amide bonds. The van der Waals surface area contributed by atoms with Crippen LogP contribution in [0.4, 0.5) is 5.95 Å². The first-order valence-electron chi connectivity index (χ1n) is 6.26. The van der Waals surface area contributed by atoms with Gasteiger partial charge in [-0.3, -0.25) is 0 Å². The number of aliphatic hydroxyl groups is 1. The third-order valence-corrected chi connectivity index (χ3v) is 5.19. The monoisotopic (exact) mass is 286 g/mol. The fraction of sp³-hybridized carbons (Fsp3) is 0.636. The molecule has 1 aliphatic rings. The second-order valence-electron chi connectivity index (χ2n) is 4.58. The van der Waals surface area contributed by atoms with Gasteiger partial charge < -0.3 is 10.8 Å². The lowest BCUT2D eigenvalue weighted by molar-refractivity contribution is 0.186. The van der Waals surface area contributed by atoms with Crippen molar-refractivity contribution in [1.29, 1.82) is 0 Å². The maximum absolute atomic E-state index is 12.5. The summed E-state index contributed by atoms with van der Waals surface area (Å²) in [5.41, 5.74) is 5.36. The number of aliphatic hydroxyl groups excluding tert-OH is 1. The topological polar surface area (TPSA) is 109 Å². The molecule has 19 heavy (non-hydrogen) atoms. The first kappa shape index (κ1) is 14.2. The Bertz CT molecular complexity index is 517. The molecule has 1 unspecified atom stereocenters. The van der Waals surface area contributed by atoms with Gasteiger partial charge in [0.05, 0.1) is 19.0 Å². The van der Waals surface area contributed by atoms with Gasteiger partial charge >= 0.3 is 0 Å². The average molecular weight is 286 g/mol. The summed E-state index contributed by atoms with van der Waals surface area (Å²) in [7, 11) is -3.67. The lowest BCUT2D eigenvalue weighted by atomic mass is 10.1. The van der Waals surface area contributed by atoms with Crippen LogP contribution in [0.15, 0.2) is 17.3 Å². The number of nitrogens with two attached hydrogens (primary N) is 1. The summed E-state index contributed by atoms with van der Waals surface area (Å²) in [4.78, 5) is 7.44. The highest BCUT2D eigenvalue weighted by molar-refractivity contribution is 7.89. The molecule has 0 aromatic carbocycles. The van der Waals surface area contributed by atoms with Gasteiger partial charge in [-0.1, -0.05) is 12.8 Å². The summed E-state index contributed by atoms with van der Waals surface area (Å²) in [5, 5.41) is 9.38. The molecule has 0 radical (unpaired) electrons. The van der Waals surface area contributed by atoms with Crippen molar-refractivity contribution in [2.24, 2.45) is 0 Å². The van der Waals surface area contributed by atoms with E-state index < -0.39 is 10.0 Å². The van der Waals surface area contributed by atoms with E-state index in [-0.39, 0.29) is 23.5 Å². The Hall–Kier alpha value is -1.25. The van der Waals surface area contributed by atoms with Gasteiger partial charge in [-0.2, -0.15) is 4.31 Å². The molecule has 0 spiro atoms. The molecule has 0 saturated carbocycles. The third-order valence-electron chi connectivity index (χ3n) is 3.29. The van der Waals surface area contributed by atoms with Gasteiger partial charge in [-0.05, 0) is 12.8 Å². The number of nitrogens with zero attached hydrogens (tertiary/aromatic N) is 3. The van der Waals surface area contributed by atoms with E-state index in [0.717, 1.165) is 19.3 Å². The van der Waals surface area contributed by atoms with Crippen LogP contribution in [0.25, 0.3) is 0 Å². The number of hydrogen-bond donors (Lipinski definition) is 2. The van der Waals surface area contributed by atoms with Crippen LogP contribution in [0, 0.1) is 0 Å². The molecule has 1 aromatic heterocycles. The molecule has 7 nitrogen and oxygen atoms in total. The zero-order valence-electron chi connectivity index (χ0n) is 10.6. The number of hydrogen-bond acceptors (Lipinski definition) is 6. The van der Waals surface area contributed by atoms with Crippen molar-refractivity contribution in [1.82, 2.24) is 14.3 Å². The van der Waals surface area contributed by atoms with Crippen LogP contribution >= 0.6 is 0 Å². The highest BCUT2D eigenvalue weighted by atomic mass is 32.2. The van der Waals surface area contributed by atoms with Gasteiger partial charge in [0, 0.05) is 12.6 Å². The quantitative estimate of drug-likeness (QED) is 0.808. The van der Waals surface area contributed by atoms with Gasteiger partial charge in [0.1, 0.15) is 4.90 Å². The van der Waals surface area contributed by atoms with E-state index in [4.69, 9.17) is 5.73 Å². The molecule has 8 heteroatoms. The first-order chi connectivity index (χ1) is 9.05. The van der Waals surface area contributed by atoms with Crippen LogP contribution in [-0.2, 0) is 10.0 Å². The predicted molar refractivity (Wildman–Crippen MR) is 69.7 cm³/mol. The Morgan fingerprint density at radius 3 is 2.63 bits per heavy atom. The highest BCUT2D eigenvalue weighted by Crippen LogP contribution is 2.24. The number of nitrogen functional groups attached to an aromatic ring is 1. The van der Waals surface area contributed by atoms with Crippen molar-refractivity contribution >= 4 is 16.0 Å². The molecule has 0 bridgehead atoms. The van der Waals surface area contributed by atoms with E-state index in [1.807, 2.05) is 0 Å². The zero-order valence-corrected chi connectivity index (χ0v) is 11.4. The van der Waals surface area contributed by atoms with Crippen molar-refractivity contribution in [3.63, 3.8) is 0 Å². The SMILES string of the molecule is Nc1ncc(S(=O)(=O)N2CCCCCC2CO)cn1. The summed E-state index contributed by atoms with van der Waals surface area (Å²) >= 11 is 0. The Labute approximate surface area is 112 Å². The molecule has 1 aromatic rings. The van der Waals surface area contributed by atoms with E-state index in [1.165, 1.54) is 16.7 Å². The van der Waals surface area contributed by atoms with Crippen LogP contribution in [0.1, 0.15) is 25.7 Å². The Kier molecular flexibility index (Phi) is 4.33. The second-order valence-corrected chi connectivity index (χ2v) is 6.47. The normalized spacial score (nSPS) is 22.1. The molecule has 1 aliphatic heterocycles. The number of aromatic nitrogens is 2. The summed E-state index contributed by atoms with van der Waals surface area (Å²) in [6.45, 7) is 0.243. The molecule has 106 valence electrons. The molecule has 2 heterocycles. The molecule has 1 atom stereocenters. The standard InChI is InChI=1S/C11H18N4O3S/c12-11-13-6-10(7-14-11)19(17,18)15-5-3-1-2-4-9(15)8-16/h6-7,9,16H,1-5,8H2,(H2,12,13,14). The third kappa shape index (κ3) is 3.02. The van der Waals surface area contributed by atoms with Gasteiger partial charge in [0.25, 0.3) is 0 Å². The maximum Gasteiger partial charge on any atom is 0.246 e. The minimum Gasteiger partial charge on any atom is -0.395 e. The summed E-state index contributed by atoms with van der Waals surface area (Å²) in [5.74, 6) is 0.0357. The van der Waals surface area contributed by atoms with Gasteiger partial charge in [0.2, 0.25) is 16.0 Å². The molecule has 1 fully saturated rings. The summed E-state index contributed by atoms with van der Waals surface area (Å²) in [6.07, 6.45) is 5.78. The summed E-state index contributed by atoms with van der Waals surface area (Å²) < 4.78 is 26.4. The first-order valence-corrected chi connectivity index (χ1v) is 7.70. The van der Waals surface area contributed by atoms with E-state index >= 15 is 0 Å². The van der Waals surface area contributed by atoms with Gasteiger partial charge in [-0.25, -0.2) is 18.4 Å². The zero-order chi connectivity index (χ0) is 13.9. The van der Waals surface area contributed by atoms with E-state index in [9.17, 15) is 13.5 Å². The molecular formula is C11H18N4O3S. The highest BCUT2D eigenvalue weighted by Gasteiger charge is 2.32. The van der Waals surface area contributed by atoms with Crippen molar-refractivity contribution in [2.45, 2.75) is 36.6 Å². The van der Waals surface area contributed by atoms with Crippen molar-refractivity contribution < 1.29 is 13.5 Å². The fourth-order valence-corrected chi connectivity index (χ4v) is 3.82. The average Bonchev–Trinajstić information content (AvgIpc) is 2.64. The number of rotatable bonds is 3. The minimum atomic E-state index is -3.67. The predicted octanol–water partition coefficient (Wildman–Crippen LogP) is -0.0156. The van der Waals surface area contributed by atoms with Crippen LogP contribution in [0.2, 0.25) is 0 Å². The Balaban J connectivity index is 2.33. The van der Waals surface area contributed by atoms with E-state index in [1.54, 1.807) is 0 Å². The number of anilines is 1. The maximum atomic E-state index is 12.5. The summed E-state index contributed by atoms with van der Waals surface area (Å²) in [6, 6.07) is -0.370. The molecule has 1 saturated heterocycles. The largest absolute Gasteiger partial charge is 0.395 e. The second kappa shape index (κ2) is 5.81. The minimum absolute atomic E-state index is 0.0158. The van der Waals surface area contributed by atoms with E-state index in [2.05, 4.69) is 9.97 Å². The van der Waals surface area contributed by atoms with Gasteiger partial charge in [-0.15, -0.1) is 0 Å². The molecule has 0 aliphatic carbocycles. The van der Waals surface area contributed by atoms with Crippen LogP contribution in [0.3, 0.4) is 0 Å². The van der Waals surface area contributed by atoms with Crippen LogP contribution < -0.4 is 5.73 Å². The molecule has 2 rings (SSSR count). The van der Waals surface area contributed by atoms with E-state index in [0.29, 0.717) is 13.0 Å². The smallest absolute Gasteiger partial charge is 0.246 e. The Morgan fingerprint density at radius 1 is 1.32 bits per heavy atom. The van der Waals surface area contributed by atoms with Crippen LogP contribution in [-0.4, -0.2) is 47.0 Å². The Morgan fingerprint density at radius 2 is 2.00 bits per heavy atom.